The van der Waals surface area contributed by atoms with Gasteiger partial charge >= 0.3 is 6.18 Å². The van der Waals surface area contributed by atoms with Gasteiger partial charge in [-0.15, -0.1) is 11.3 Å². The normalized spacial score (nSPS) is 16.4. The highest BCUT2D eigenvalue weighted by Crippen LogP contribution is 2.31. The average molecular weight is 584 g/mol. The molecule has 1 aliphatic heterocycles. The molecule has 2 atom stereocenters. The molecule has 0 spiro atoms. The number of carbonyl (C=O) groups is 4. The Morgan fingerprint density at radius 1 is 0.951 bits per heavy atom. The van der Waals surface area contributed by atoms with Gasteiger partial charge < -0.3 is 5.32 Å². The van der Waals surface area contributed by atoms with E-state index in [-0.39, 0.29) is 23.9 Å². The molecule has 2 unspecified atom stereocenters. The summed E-state index contributed by atoms with van der Waals surface area (Å²) in [6.07, 6.45) is -4.05. The topological polar surface area (TPSA) is 86.8 Å². The molecular formula is C30H28F3N3O4S. The quantitative estimate of drug-likeness (QED) is 0.388. The van der Waals surface area contributed by atoms with Crippen molar-refractivity contribution in [2.24, 2.45) is 5.92 Å². The van der Waals surface area contributed by atoms with Gasteiger partial charge in [-0.1, -0.05) is 80.6 Å². The lowest BCUT2D eigenvalue weighted by molar-refractivity contribution is -0.173. The van der Waals surface area contributed by atoms with Gasteiger partial charge in [-0.05, 0) is 28.5 Å². The molecule has 1 aromatic heterocycles. The third-order valence-electron chi connectivity index (χ3n) is 6.55. The van der Waals surface area contributed by atoms with Crippen LogP contribution in [0.15, 0.2) is 84.4 Å². The zero-order valence-electron chi connectivity index (χ0n) is 22.3. The van der Waals surface area contributed by atoms with Crippen LogP contribution in [0.1, 0.15) is 34.6 Å². The Balaban J connectivity index is 1.68. The number of thiophene rings is 1. The molecule has 1 aliphatic rings. The number of Topliss-reactive ketones (excluding diaryl/α,β-unsaturated/α-hetero) is 1. The SMILES string of the molecule is CC(C)C1C(=O)N(CC(=O)NC(Cc2ccccc2)C(=O)C(F)(F)F)C(c2ccccc2)=CN1C(=O)c1cccs1. The number of nitrogens with zero attached hydrogens (tertiary/aromatic N) is 2. The van der Waals surface area contributed by atoms with Gasteiger partial charge in [0.05, 0.1) is 10.6 Å². The molecule has 3 aromatic rings. The van der Waals surface area contributed by atoms with E-state index in [0.717, 1.165) is 4.90 Å². The van der Waals surface area contributed by atoms with Crippen LogP contribution in [0.5, 0.6) is 0 Å². The Morgan fingerprint density at radius 2 is 1.59 bits per heavy atom. The van der Waals surface area contributed by atoms with Crippen molar-refractivity contribution < 1.29 is 32.3 Å². The second-order valence-electron chi connectivity index (χ2n) is 9.86. The molecule has 2 heterocycles. The fourth-order valence-electron chi connectivity index (χ4n) is 4.64. The fourth-order valence-corrected chi connectivity index (χ4v) is 5.31. The number of alkyl halides is 3. The molecular weight excluding hydrogens is 555 g/mol. The lowest BCUT2D eigenvalue weighted by Gasteiger charge is -2.41. The molecule has 214 valence electrons. The second kappa shape index (κ2) is 12.5. The molecule has 11 heteroatoms. The minimum atomic E-state index is -5.17. The number of amides is 3. The van der Waals surface area contributed by atoms with Crippen LogP contribution in [0.25, 0.3) is 5.70 Å². The molecule has 41 heavy (non-hydrogen) atoms. The first-order valence-corrected chi connectivity index (χ1v) is 13.7. The monoisotopic (exact) mass is 583 g/mol. The molecule has 0 bridgehead atoms. The standard InChI is InChI=1S/C30H28F3N3O4S/c1-19(2)26-29(40)35(18-25(37)34-22(27(38)30(31,32)33)16-20-10-5-3-6-11-20)23(21-12-7-4-8-13-21)17-36(26)28(39)24-14-9-15-41-24/h3-15,17,19,22,26H,16,18H2,1-2H3,(H,34,37). The summed E-state index contributed by atoms with van der Waals surface area (Å²) in [5.41, 5.74) is 1.18. The summed E-state index contributed by atoms with van der Waals surface area (Å²) in [7, 11) is 0. The van der Waals surface area contributed by atoms with Crippen LogP contribution in [-0.2, 0) is 20.8 Å². The number of benzene rings is 2. The molecule has 0 radical (unpaired) electrons. The van der Waals surface area contributed by atoms with Crippen LogP contribution in [0.3, 0.4) is 0 Å². The van der Waals surface area contributed by atoms with Gasteiger partial charge in [-0.2, -0.15) is 13.2 Å². The molecule has 7 nitrogen and oxygen atoms in total. The predicted molar refractivity (Wildman–Crippen MR) is 148 cm³/mol. The van der Waals surface area contributed by atoms with E-state index in [9.17, 15) is 32.3 Å². The Morgan fingerprint density at radius 3 is 2.15 bits per heavy atom. The van der Waals surface area contributed by atoms with Crippen molar-refractivity contribution in [2.75, 3.05) is 6.54 Å². The largest absolute Gasteiger partial charge is 0.452 e. The van der Waals surface area contributed by atoms with E-state index in [2.05, 4.69) is 5.32 Å². The molecule has 3 amide bonds. The minimum absolute atomic E-state index is 0.231. The maximum Gasteiger partial charge on any atom is 0.452 e. The van der Waals surface area contributed by atoms with Crippen molar-refractivity contribution in [3.05, 3.63) is 100 Å². The molecule has 1 N–H and O–H groups in total. The number of hydrogen-bond donors (Lipinski definition) is 1. The Labute approximate surface area is 239 Å². The van der Waals surface area contributed by atoms with Crippen molar-refractivity contribution in [3.8, 4) is 0 Å². The van der Waals surface area contributed by atoms with E-state index >= 15 is 0 Å². The summed E-state index contributed by atoms with van der Waals surface area (Å²) in [6, 6.07) is 17.1. The highest BCUT2D eigenvalue weighted by Gasteiger charge is 2.45. The van der Waals surface area contributed by atoms with Crippen LogP contribution in [0.4, 0.5) is 13.2 Å². The predicted octanol–water partition coefficient (Wildman–Crippen LogP) is 4.91. The van der Waals surface area contributed by atoms with Crippen molar-refractivity contribution >= 4 is 40.5 Å². The molecule has 0 saturated carbocycles. The number of halogens is 3. The molecule has 4 rings (SSSR count). The first-order valence-electron chi connectivity index (χ1n) is 12.9. The fraction of sp³-hybridized carbons (Fsp3) is 0.267. The zero-order valence-corrected chi connectivity index (χ0v) is 23.1. The van der Waals surface area contributed by atoms with Crippen molar-refractivity contribution in [1.29, 1.82) is 0 Å². The van der Waals surface area contributed by atoms with Gasteiger partial charge in [0.25, 0.3) is 17.6 Å². The Hall–Kier alpha value is -4.25. The molecule has 0 fully saturated rings. The van der Waals surface area contributed by atoms with Crippen molar-refractivity contribution in [2.45, 2.75) is 38.5 Å². The smallest absolute Gasteiger partial charge is 0.344 e. The van der Waals surface area contributed by atoms with E-state index < -0.39 is 42.4 Å². The van der Waals surface area contributed by atoms with Crippen LogP contribution in [0.2, 0.25) is 0 Å². The summed E-state index contributed by atoms with van der Waals surface area (Å²) in [5, 5.41) is 3.95. The number of hydrogen-bond acceptors (Lipinski definition) is 5. The first-order chi connectivity index (χ1) is 19.5. The van der Waals surface area contributed by atoms with E-state index in [4.69, 9.17) is 0 Å². The van der Waals surface area contributed by atoms with Gasteiger partial charge in [0.1, 0.15) is 18.6 Å². The second-order valence-corrected chi connectivity index (χ2v) is 10.8. The summed E-state index contributed by atoms with van der Waals surface area (Å²) in [6.45, 7) is 2.86. The van der Waals surface area contributed by atoms with E-state index in [1.165, 1.54) is 22.4 Å². The van der Waals surface area contributed by atoms with Crippen LogP contribution in [0, 0.1) is 5.92 Å². The summed E-state index contributed by atoms with van der Waals surface area (Å²) in [5.74, 6) is -4.35. The Kier molecular flexibility index (Phi) is 9.07. The van der Waals surface area contributed by atoms with Gasteiger partial charge in [-0.3, -0.25) is 29.0 Å². The van der Waals surface area contributed by atoms with Crippen molar-refractivity contribution in [1.82, 2.24) is 15.1 Å². The third-order valence-corrected chi connectivity index (χ3v) is 7.41. The number of nitrogens with one attached hydrogen (secondary N) is 1. The lowest BCUT2D eigenvalue weighted by atomic mass is 9.96. The number of ketones is 1. The number of carbonyl (C=O) groups excluding carboxylic acids is 4. The molecule has 0 aliphatic carbocycles. The zero-order chi connectivity index (χ0) is 29.7. The highest BCUT2D eigenvalue weighted by atomic mass is 32.1. The van der Waals surface area contributed by atoms with Crippen LogP contribution < -0.4 is 5.32 Å². The highest BCUT2D eigenvalue weighted by molar-refractivity contribution is 7.12. The van der Waals surface area contributed by atoms with Gasteiger partial charge in [0.15, 0.2) is 0 Å². The average Bonchev–Trinajstić information content (AvgIpc) is 3.48. The maximum atomic E-state index is 13.9. The summed E-state index contributed by atoms with van der Waals surface area (Å²) in [4.78, 5) is 55.7. The van der Waals surface area contributed by atoms with Gasteiger partial charge in [-0.25, -0.2) is 0 Å². The maximum absolute atomic E-state index is 13.9. The van der Waals surface area contributed by atoms with E-state index in [1.807, 2.05) is 0 Å². The summed E-state index contributed by atoms with van der Waals surface area (Å²) >= 11 is 1.23. The number of rotatable bonds is 9. The minimum Gasteiger partial charge on any atom is -0.344 e. The Bertz CT molecular complexity index is 1420. The summed E-state index contributed by atoms with van der Waals surface area (Å²) < 4.78 is 40.3. The van der Waals surface area contributed by atoms with E-state index in [1.54, 1.807) is 92.0 Å². The van der Waals surface area contributed by atoms with Gasteiger partial charge in [0, 0.05) is 12.6 Å². The first kappa shape index (κ1) is 29.7. The lowest BCUT2D eigenvalue weighted by Crippen LogP contribution is -2.57. The third kappa shape index (κ3) is 6.91. The van der Waals surface area contributed by atoms with Crippen LogP contribution >= 0.6 is 11.3 Å². The van der Waals surface area contributed by atoms with Gasteiger partial charge in [0.2, 0.25) is 5.91 Å². The van der Waals surface area contributed by atoms with E-state index in [0.29, 0.717) is 16.0 Å². The van der Waals surface area contributed by atoms with Crippen molar-refractivity contribution in [3.63, 3.8) is 0 Å². The molecule has 0 saturated heterocycles. The van der Waals surface area contributed by atoms with Crippen LogP contribution in [-0.4, -0.2) is 58.1 Å². The molecule has 2 aromatic carbocycles.